The fourth-order valence-corrected chi connectivity index (χ4v) is 12.5. The average Bonchev–Trinajstić information content (AvgIpc) is 3.24. The van der Waals surface area contributed by atoms with Crippen LogP contribution >= 0.6 is 0 Å². The molecule has 0 aliphatic carbocycles. The second-order valence-corrected chi connectivity index (χ2v) is 22.5. The zero-order chi connectivity index (χ0) is 49.0. The predicted octanol–water partition coefficient (Wildman–Crippen LogP) is 2.37. The topological polar surface area (TPSA) is 229 Å². The number of nitrogens with one attached hydrogen (secondary N) is 1. The number of β-amino-alcohol motifs (C(OH)–C–C–N with tert-alkyl or cyclic N) is 1. The van der Waals surface area contributed by atoms with Gasteiger partial charge >= 0.3 is 5.97 Å². The highest BCUT2D eigenvalue weighted by Gasteiger charge is 2.59. The number of likely N-dealkylation sites (tertiary alicyclic amines) is 1. The first-order valence-corrected chi connectivity index (χ1v) is 25.6. The Morgan fingerprint density at radius 2 is 1.52 bits per heavy atom. The molecular weight excluding hydrogens is 865 g/mol. The van der Waals surface area contributed by atoms with Crippen molar-refractivity contribution in [3.63, 3.8) is 0 Å². The first kappa shape index (κ1) is 56.4. The number of esters is 1. The van der Waals surface area contributed by atoms with Gasteiger partial charge in [-0.15, -0.1) is 0 Å². The minimum absolute atomic E-state index is 0.0567. The molecule has 19 heteroatoms. The van der Waals surface area contributed by atoms with Gasteiger partial charge in [-0.1, -0.05) is 41.0 Å². The minimum atomic E-state index is -4.00. The van der Waals surface area contributed by atoms with E-state index in [-0.39, 0.29) is 44.7 Å². The quantitative estimate of drug-likeness (QED) is 0.146. The van der Waals surface area contributed by atoms with Gasteiger partial charge in [0, 0.05) is 52.2 Å². The molecule has 4 aliphatic heterocycles. The van der Waals surface area contributed by atoms with Gasteiger partial charge in [0.05, 0.1) is 42.0 Å². The molecular formula is C46H88N4O14S. The Labute approximate surface area is 390 Å². The number of aliphatic hydroxyl groups excluding tert-OH is 2. The lowest BCUT2D eigenvalue weighted by Crippen LogP contribution is -2.70. The van der Waals surface area contributed by atoms with E-state index in [1.807, 2.05) is 13.8 Å². The molecule has 0 aromatic carbocycles. The molecule has 18 nitrogen and oxygen atoms in total. The Balaban J connectivity index is 1.82. The Morgan fingerprint density at radius 1 is 0.908 bits per heavy atom. The van der Waals surface area contributed by atoms with E-state index in [1.165, 1.54) is 18.3 Å². The summed E-state index contributed by atoms with van der Waals surface area (Å²) in [5.74, 6) is -3.05. The van der Waals surface area contributed by atoms with E-state index in [1.54, 1.807) is 69.4 Å². The molecule has 4 aliphatic rings. The number of likely N-dealkylation sites (N-methyl/N-ethyl adjacent to an activating group) is 1. The summed E-state index contributed by atoms with van der Waals surface area (Å²) in [6, 6.07) is -1.61. The highest BCUT2D eigenvalue weighted by molar-refractivity contribution is 7.86. The molecule has 4 rings (SSSR count). The van der Waals surface area contributed by atoms with Gasteiger partial charge in [0.2, 0.25) is 0 Å². The number of rotatable bonds is 13. The van der Waals surface area contributed by atoms with Crippen LogP contribution in [0.25, 0.3) is 0 Å². The van der Waals surface area contributed by atoms with E-state index >= 15 is 0 Å². The molecule has 0 bridgehead atoms. The standard InChI is InChI=1S/C46H88N4O14S/c1-15-35-45(12,55)39(52)32(8)47-26-28(4)24-43(10,54)40(64-42-37(51)34(23-29(5)60-42)48(13)65(57,58)50(16-2)17-3)30(6)38(31(7)41(53)62-35)63-36-25-44(11,59-14)46(56,33(9)61-36)27-49-21-19-18-20-22-49/h28-40,42,47,51-52,54-56H,15-27H2,1-14H3/t28-,29-,30+,31-,32-,33+,34+,35-,36+,37-,38+,39-,40-,42+,43-,44-,45-,46+/m1/s1. The van der Waals surface area contributed by atoms with Crippen LogP contribution < -0.4 is 5.32 Å². The lowest BCUT2D eigenvalue weighted by Gasteiger charge is -2.55. The summed E-state index contributed by atoms with van der Waals surface area (Å²) in [5.41, 5.74) is -6.21. The molecule has 4 heterocycles. The van der Waals surface area contributed by atoms with E-state index in [0.717, 1.165) is 36.7 Å². The fraction of sp³-hybridized carbons (Fsp3) is 0.978. The van der Waals surface area contributed by atoms with Gasteiger partial charge < -0.3 is 64.2 Å². The van der Waals surface area contributed by atoms with Crippen LogP contribution in [0.5, 0.6) is 0 Å². The summed E-state index contributed by atoms with van der Waals surface area (Å²) >= 11 is 0. The highest BCUT2D eigenvalue weighted by atomic mass is 32.2. The monoisotopic (exact) mass is 953 g/mol. The number of piperidine rings is 1. The van der Waals surface area contributed by atoms with Crippen molar-refractivity contribution in [3.8, 4) is 0 Å². The van der Waals surface area contributed by atoms with E-state index in [9.17, 15) is 38.7 Å². The molecule has 0 aromatic rings. The summed E-state index contributed by atoms with van der Waals surface area (Å²) < 4.78 is 68.8. The number of hydrogen-bond acceptors (Lipinski definition) is 16. The minimum Gasteiger partial charge on any atom is -0.459 e. The highest BCUT2D eigenvalue weighted by Crippen LogP contribution is 2.44. The maximum absolute atomic E-state index is 14.5. The fourth-order valence-electron chi connectivity index (χ4n) is 10.9. The lowest BCUT2D eigenvalue weighted by molar-refractivity contribution is -0.339. The molecule has 0 unspecified atom stereocenters. The van der Waals surface area contributed by atoms with Crippen LogP contribution in [0.4, 0.5) is 0 Å². The third-order valence-corrected chi connectivity index (χ3v) is 17.5. The largest absolute Gasteiger partial charge is 0.459 e. The molecule has 6 N–H and O–H groups in total. The van der Waals surface area contributed by atoms with Gasteiger partial charge in [-0.05, 0) is 106 Å². The number of carbonyl (C=O) groups is 1. The molecule has 382 valence electrons. The van der Waals surface area contributed by atoms with Crippen molar-refractivity contribution in [1.82, 2.24) is 18.8 Å². The molecule has 18 atom stereocenters. The zero-order valence-electron chi connectivity index (χ0n) is 41.9. The number of aliphatic hydroxyl groups is 5. The molecule has 0 aromatic heterocycles. The summed E-state index contributed by atoms with van der Waals surface area (Å²) in [7, 11) is -1.03. The number of nitrogens with zero attached hydrogens (tertiary/aromatic N) is 3. The van der Waals surface area contributed by atoms with Crippen LogP contribution in [0.15, 0.2) is 0 Å². The molecule has 4 saturated heterocycles. The summed E-state index contributed by atoms with van der Waals surface area (Å²) in [4.78, 5) is 16.8. The zero-order valence-corrected chi connectivity index (χ0v) is 42.8. The van der Waals surface area contributed by atoms with Crippen LogP contribution in [-0.2, 0) is 43.4 Å². The maximum Gasteiger partial charge on any atom is 0.311 e. The van der Waals surface area contributed by atoms with E-state index in [2.05, 4.69) is 10.2 Å². The van der Waals surface area contributed by atoms with Crippen LogP contribution in [-0.4, -0.2) is 197 Å². The van der Waals surface area contributed by atoms with E-state index < -0.39 is 118 Å². The Bertz CT molecular complexity index is 1620. The van der Waals surface area contributed by atoms with Crippen LogP contribution in [0.2, 0.25) is 0 Å². The Morgan fingerprint density at radius 3 is 2.09 bits per heavy atom. The molecule has 0 saturated carbocycles. The van der Waals surface area contributed by atoms with Gasteiger partial charge in [0.15, 0.2) is 12.6 Å². The van der Waals surface area contributed by atoms with E-state index in [4.69, 9.17) is 28.4 Å². The number of methoxy groups -OCH3 is 1. The van der Waals surface area contributed by atoms with E-state index in [0.29, 0.717) is 13.1 Å². The van der Waals surface area contributed by atoms with Crippen molar-refractivity contribution >= 4 is 16.2 Å². The second kappa shape index (κ2) is 22.7. The Hall–Kier alpha value is -1.14. The van der Waals surface area contributed by atoms with Crippen molar-refractivity contribution in [2.24, 2.45) is 17.8 Å². The molecule has 0 radical (unpaired) electrons. The number of hydrogen-bond donors (Lipinski definition) is 6. The molecule has 0 amide bonds. The van der Waals surface area contributed by atoms with Crippen molar-refractivity contribution in [1.29, 1.82) is 0 Å². The third kappa shape index (κ3) is 12.4. The van der Waals surface area contributed by atoms with Crippen LogP contribution in [0.3, 0.4) is 0 Å². The summed E-state index contributed by atoms with van der Waals surface area (Å²) in [5, 5.41) is 63.8. The number of cyclic esters (lactones) is 1. The first-order valence-electron chi connectivity index (χ1n) is 24.2. The van der Waals surface area contributed by atoms with Gasteiger partial charge in [-0.25, -0.2) is 0 Å². The normalized spacial score (nSPS) is 45.0. The maximum atomic E-state index is 14.5. The number of carbonyl (C=O) groups excluding carboxylic acids is 1. The number of ether oxygens (including phenoxy) is 6. The SMILES string of the molecule is CC[C@H]1OC(=O)[C@H](C)[C@@H](O[C@H]2C[C@@](C)(OC)[C@](O)(CN3CCCCC3)[C@H](C)O2)[C@H](C)[C@@H](O[C@@H]2O[C@H](C)C[C@H](N(C)S(=O)(=O)N(CC)CC)[C@H]2O)[C@](C)(O)C[C@@H](C)CN[C@H](C)[C@@H](O)[C@]1(C)O. The second-order valence-electron chi connectivity index (χ2n) is 20.5. The van der Waals surface area contributed by atoms with Crippen molar-refractivity contribution in [2.75, 3.05) is 53.4 Å². The lowest BCUT2D eigenvalue weighted by atomic mass is 9.74. The Kier molecular flexibility index (Phi) is 19.7. The van der Waals surface area contributed by atoms with Gasteiger partial charge in [0.1, 0.15) is 35.1 Å². The van der Waals surface area contributed by atoms with Crippen LogP contribution in [0, 0.1) is 17.8 Å². The smallest absolute Gasteiger partial charge is 0.311 e. The average molecular weight is 953 g/mol. The molecule has 4 fully saturated rings. The summed E-state index contributed by atoms with van der Waals surface area (Å²) in [6.45, 7) is 23.4. The van der Waals surface area contributed by atoms with Crippen LogP contribution in [0.1, 0.15) is 128 Å². The summed E-state index contributed by atoms with van der Waals surface area (Å²) in [6.07, 6.45) is -6.57. The van der Waals surface area contributed by atoms with Gasteiger partial charge in [0.25, 0.3) is 10.2 Å². The van der Waals surface area contributed by atoms with Crippen molar-refractivity contribution in [2.45, 2.75) is 218 Å². The first-order chi connectivity index (χ1) is 30.1. The molecule has 0 spiro atoms. The van der Waals surface area contributed by atoms with Crippen molar-refractivity contribution in [3.05, 3.63) is 0 Å². The molecule has 65 heavy (non-hydrogen) atoms. The third-order valence-electron chi connectivity index (χ3n) is 15.3. The van der Waals surface area contributed by atoms with Gasteiger partial charge in [-0.2, -0.15) is 17.0 Å². The van der Waals surface area contributed by atoms with Gasteiger partial charge in [-0.3, -0.25) is 4.79 Å². The predicted molar refractivity (Wildman–Crippen MR) is 245 cm³/mol. The van der Waals surface area contributed by atoms with Crippen molar-refractivity contribution < 1.29 is 67.2 Å².